The summed E-state index contributed by atoms with van der Waals surface area (Å²) in [6, 6.07) is 6.98. The number of anilines is 1. The first-order valence-corrected chi connectivity index (χ1v) is 7.92. The summed E-state index contributed by atoms with van der Waals surface area (Å²) in [5.41, 5.74) is 1.84. The van der Waals surface area contributed by atoms with Gasteiger partial charge in [-0.25, -0.2) is 4.39 Å². The molecular formula is C17H25FN2. The topological polar surface area (TPSA) is 15.3 Å². The number of halogens is 1. The van der Waals surface area contributed by atoms with Crippen LogP contribution in [0.1, 0.15) is 45.1 Å². The lowest BCUT2D eigenvalue weighted by atomic mass is 10.1. The van der Waals surface area contributed by atoms with Gasteiger partial charge in [-0.15, -0.1) is 0 Å². The average Bonchev–Trinajstić information content (AvgIpc) is 3.27. The Morgan fingerprint density at radius 1 is 1.25 bits per heavy atom. The molecule has 0 aliphatic heterocycles. The maximum atomic E-state index is 14.4. The molecule has 2 nitrogen and oxygen atoms in total. The SMILES string of the molecule is CC(C)CN(c1ccc(CNC2CC2)cc1F)C1CC1. The summed E-state index contributed by atoms with van der Waals surface area (Å²) in [6.07, 6.45) is 4.95. The highest BCUT2D eigenvalue weighted by Gasteiger charge is 2.31. The fourth-order valence-corrected chi connectivity index (χ4v) is 2.67. The van der Waals surface area contributed by atoms with Gasteiger partial charge in [0.25, 0.3) is 0 Å². The maximum Gasteiger partial charge on any atom is 0.146 e. The predicted molar refractivity (Wildman–Crippen MR) is 81.5 cm³/mol. The Labute approximate surface area is 121 Å². The fourth-order valence-electron chi connectivity index (χ4n) is 2.67. The molecule has 0 heterocycles. The van der Waals surface area contributed by atoms with Gasteiger partial charge in [0.2, 0.25) is 0 Å². The van der Waals surface area contributed by atoms with Crippen LogP contribution in [0.5, 0.6) is 0 Å². The number of hydrogen-bond acceptors (Lipinski definition) is 2. The second-order valence-electron chi connectivity index (χ2n) is 6.72. The van der Waals surface area contributed by atoms with Crippen molar-refractivity contribution in [2.45, 2.75) is 58.2 Å². The second kappa shape index (κ2) is 5.72. The normalized spacial score (nSPS) is 18.6. The van der Waals surface area contributed by atoms with Gasteiger partial charge in [0, 0.05) is 25.2 Å². The molecule has 2 fully saturated rings. The molecule has 0 amide bonds. The third-order valence-electron chi connectivity index (χ3n) is 4.04. The lowest BCUT2D eigenvalue weighted by molar-refractivity contribution is 0.575. The van der Waals surface area contributed by atoms with Crippen molar-refractivity contribution in [3.63, 3.8) is 0 Å². The first kappa shape index (κ1) is 13.9. The van der Waals surface area contributed by atoms with E-state index in [-0.39, 0.29) is 5.82 Å². The van der Waals surface area contributed by atoms with Crippen LogP contribution in [0, 0.1) is 11.7 Å². The van der Waals surface area contributed by atoms with Gasteiger partial charge in [0.05, 0.1) is 5.69 Å². The molecule has 2 saturated carbocycles. The average molecular weight is 276 g/mol. The third-order valence-corrected chi connectivity index (χ3v) is 4.04. The first-order chi connectivity index (χ1) is 9.63. The molecule has 3 heteroatoms. The van der Waals surface area contributed by atoms with Crippen molar-refractivity contribution in [3.8, 4) is 0 Å². The minimum Gasteiger partial charge on any atom is -0.366 e. The molecule has 20 heavy (non-hydrogen) atoms. The zero-order chi connectivity index (χ0) is 14.1. The molecule has 2 aliphatic rings. The molecule has 1 aromatic carbocycles. The van der Waals surface area contributed by atoms with E-state index in [9.17, 15) is 4.39 Å². The lowest BCUT2D eigenvalue weighted by Crippen LogP contribution is -2.30. The minimum absolute atomic E-state index is 0.0624. The van der Waals surface area contributed by atoms with Crippen LogP contribution in [-0.2, 0) is 6.54 Å². The van der Waals surface area contributed by atoms with Gasteiger partial charge in [-0.3, -0.25) is 0 Å². The van der Waals surface area contributed by atoms with Crippen LogP contribution in [0.25, 0.3) is 0 Å². The molecule has 0 radical (unpaired) electrons. The number of hydrogen-bond donors (Lipinski definition) is 1. The Morgan fingerprint density at radius 3 is 2.55 bits per heavy atom. The summed E-state index contributed by atoms with van der Waals surface area (Å²) < 4.78 is 14.4. The van der Waals surface area contributed by atoms with Crippen molar-refractivity contribution in [2.24, 2.45) is 5.92 Å². The van der Waals surface area contributed by atoms with Crippen LogP contribution < -0.4 is 10.2 Å². The van der Waals surface area contributed by atoms with E-state index < -0.39 is 0 Å². The van der Waals surface area contributed by atoms with Gasteiger partial charge in [0.1, 0.15) is 5.82 Å². The van der Waals surface area contributed by atoms with Gasteiger partial charge >= 0.3 is 0 Å². The predicted octanol–water partition coefficient (Wildman–Crippen LogP) is 3.70. The van der Waals surface area contributed by atoms with E-state index in [0.29, 0.717) is 18.0 Å². The zero-order valence-corrected chi connectivity index (χ0v) is 12.5. The van der Waals surface area contributed by atoms with Crippen molar-refractivity contribution in [1.82, 2.24) is 5.32 Å². The van der Waals surface area contributed by atoms with Gasteiger partial charge in [-0.2, -0.15) is 0 Å². The smallest absolute Gasteiger partial charge is 0.146 e. The van der Waals surface area contributed by atoms with E-state index >= 15 is 0 Å². The van der Waals surface area contributed by atoms with Crippen molar-refractivity contribution in [3.05, 3.63) is 29.6 Å². The van der Waals surface area contributed by atoms with Crippen LogP contribution in [0.4, 0.5) is 10.1 Å². The molecule has 0 spiro atoms. The molecule has 3 rings (SSSR count). The summed E-state index contributed by atoms with van der Waals surface area (Å²) in [5.74, 6) is 0.499. The van der Waals surface area contributed by atoms with Crippen LogP contribution in [0.15, 0.2) is 18.2 Å². The third kappa shape index (κ3) is 3.51. The summed E-state index contributed by atoms with van der Waals surface area (Å²) in [4.78, 5) is 2.26. The highest BCUT2D eigenvalue weighted by Crippen LogP contribution is 2.34. The second-order valence-corrected chi connectivity index (χ2v) is 6.72. The van der Waals surface area contributed by atoms with E-state index in [4.69, 9.17) is 0 Å². The number of nitrogens with one attached hydrogen (secondary N) is 1. The molecule has 2 aliphatic carbocycles. The van der Waals surface area contributed by atoms with E-state index in [2.05, 4.69) is 30.1 Å². The molecule has 0 aromatic heterocycles. The highest BCUT2D eigenvalue weighted by atomic mass is 19.1. The van der Waals surface area contributed by atoms with Crippen molar-refractivity contribution in [1.29, 1.82) is 0 Å². The maximum absolute atomic E-state index is 14.4. The molecule has 0 saturated heterocycles. The van der Waals surface area contributed by atoms with Crippen molar-refractivity contribution in [2.75, 3.05) is 11.4 Å². The van der Waals surface area contributed by atoms with Crippen LogP contribution in [-0.4, -0.2) is 18.6 Å². The summed E-state index contributed by atoms with van der Waals surface area (Å²) in [7, 11) is 0. The zero-order valence-electron chi connectivity index (χ0n) is 12.5. The monoisotopic (exact) mass is 276 g/mol. The van der Waals surface area contributed by atoms with Crippen molar-refractivity contribution >= 4 is 5.69 Å². The number of benzene rings is 1. The van der Waals surface area contributed by atoms with Gasteiger partial charge in [-0.05, 0) is 49.3 Å². The summed E-state index contributed by atoms with van der Waals surface area (Å²) in [5, 5.41) is 3.44. The summed E-state index contributed by atoms with van der Waals surface area (Å²) >= 11 is 0. The molecule has 1 aromatic rings. The number of nitrogens with zero attached hydrogens (tertiary/aromatic N) is 1. The Balaban J connectivity index is 1.70. The minimum atomic E-state index is -0.0624. The molecule has 0 unspecified atom stereocenters. The molecule has 110 valence electrons. The molecular weight excluding hydrogens is 251 g/mol. The highest BCUT2D eigenvalue weighted by molar-refractivity contribution is 5.51. The first-order valence-electron chi connectivity index (χ1n) is 7.92. The van der Waals surface area contributed by atoms with Gasteiger partial charge < -0.3 is 10.2 Å². The Hall–Kier alpha value is -1.09. The number of rotatable bonds is 7. The largest absolute Gasteiger partial charge is 0.366 e. The van der Waals surface area contributed by atoms with Crippen LogP contribution >= 0.6 is 0 Å². The van der Waals surface area contributed by atoms with Gasteiger partial charge in [0.15, 0.2) is 0 Å². The Kier molecular flexibility index (Phi) is 3.97. The lowest BCUT2D eigenvalue weighted by Gasteiger charge is -2.27. The Morgan fingerprint density at radius 2 is 2.00 bits per heavy atom. The van der Waals surface area contributed by atoms with Gasteiger partial charge in [-0.1, -0.05) is 19.9 Å². The quantitative estimate of drug-likeness (QED) is 0.817. The van der Waals surface area contributed by atoms with Crippen molar-refractivity contribution < 1.29 is 4.39 Å². The van der Waals surface area contributed by atoms with E-state index in [0.717, 1.165) is 24.3 Å². The molecule has 0 bridgehead atoms. The molecule has 1 N–H and O–H groups in total. The standard InChI is InChI=1S/C17H25FN2/c1-12(2)11-20(15-6-7-15)17-8-3-13(9-16(17)18)10-19-14-4-5-14/h3,8-9,12,14-15,19H,4-7,10-11H2,1-2H3. The molecule has 0 atom stereocenters. The Bertz CT molecular complexity index is 464. The van der Waals surface area contributed by atoms with Crippen LogP contribution in [0.2, 0.25) is 0 Å². The fraction of sp³-hybridized carbons (Fsp3) is 0.647. The summed E-state index contributed by atoms with van der Waals surface area (Å²) in [6.45, 7) is 6.12. The van der Waals surface area contributed by atoms with E-state index in [1.54, 1.807) is 6.07 Å². The van der Waals surface area contributed by atoms with E-state index in [1.165, 1.54) is 25.7 Å². The van der Waals surface area contributed by atoms with E-state index in [1.807, 2.05) is 6.07 Å². The van der Waals surface area contributed by atoms with Crippen LogP contribution in [0.3, 0.4) is 0 Å².